The van der Waals surface area contributed by atoms with Gasteiger partial charge in [-0.05, 0) is 34.4 Å². The predicted molar refractivity (Wildman–Crippen MR) is 255 cm³/mol. The van der Waals surface area contributed by atoms with Crippen molar-refractivity contribution in [3.63, 3.8) is 0 Å². The molecule has 0 fully saturated rings. The Morgan fingerprint density at radius 2 is 0.750 bits per heavy atom. The molecule has 2 aliphatic rings. The van der Waals surface area contributed by atoms with E-state index in [1.54, 1.807) is 146 Å². The Hall–Kier alpha value is -9.86. The van der Waals surface area contributed by atoms with Gasteiger partial charge in [0, 0.05) is 11.1 Å². The van der Waals surface area contributed by atoms with Crippen LogP contribution >= 0.6 is 22.7 Å². The Morgan fingerprint density at radius 3 is 1.01 bits per heavy atom. The van der Waals surface area contributed by atoms with E-state index in [0.29, 0.717) is 22.3 Å². The minimum Gasteiger partial charge on any atom is -0.458 e. The van der Waals surface area contributed by atoms with Crippen molar-refractivity contribution in [1.82, 2.24) is 9.97 Å². The monoisotopic (exact) mass is 990 g/mol. The van der Waals surface area contributed by atoms with Crippen LogP contribution in [0.25, 0.3) is 20.9 Å². The number of benzene rings is 5. The molecule has 0 amide bonds. The van der Waals surface area contributed by atoms with E-state index in [4.69, 9.17) is 28.4 Å². The van der Waals surface area contributed by atoms with Gasteiger partial charge in [0.25, 0.3) is 0 Å². The largest absolute Gasteiger partial charge is 0.458 e. The zero-order valence-corrected chi connectivity index (χ0v) is 38.6. The van der Waals surface area contributed by atoms with Crippen LogP contribution in [0.15, 0.2) is 143 Å². The van der Waals surface area contributed by atoms with Crippen molar-refractivity contribution in [2.24, 2.45) is 9.98 Å². The number of fused-ring (bicyclic) bond motifs is 6. The molecule has 18 nitrogen and oxygen atoms in total. The molecule has 5 aromatic carbocycles. The van der Waals surface area contributed by atoms with Gasteiger partial charge in [-0.3, -0.25) is 0 Å². The Bertz CT molecular complexity index is 3140. The van der Waals surface area contributed by atoms with Gasteiger partial charge in [-0.1, -0.05) is 144 Å². The SMILES string of the molecule is N#CC(C#N)=Nc1nc2c(s1)-c1cc3c(cc1OC2(C(=O)OCc1ccccc1)C(=O)OCc1ccccc1)-c1sc(N=C(C#N)C#N)nc1C(C(=O)OCc1ccccc1)(C(=O)OCc1ccccc1)O3. The molecule has 0 bridgehead atoms. The van der Waals surface area contributed by atoms with Crippen LogP contribution in [0.1, 0.15) is 33.6 Å². The van der Waals surface area contributed by atoms with Gasteiger partial charge in [0.2, 0.25) is 21.7 Å². The van der Waals surface area contributed by atoms with Gasteiger partial charge in [-0.2, -0.15) is 31.0 Å². The van der Waals surface area contributed by atoms with Gasteiger partial charge in [0.05, 0.1) is 9.75 Å². The number of aromatic nitrogens is 2. The quantitative estimate of drug-likeness (QED) is 0.0429. The second kappa shape index (κ2) is 20.4. The molecule has 9 rings (SSSR count). The van der Waals surface area contributed by atoms with Crippen LogP contribution < -0.4 is 9.47 Å². The number of rotatable bonds is 14. The highest BCUT2D eigenvalue weighted by molar-refractivity contribution is 7.19. The molecular formula is C52H30N8O10S2. The number of thiazole rings is 2. The van der Waals surface area contributed by atoms with Crippen molar-refractivity contribution < 1.29 is 47.6 Å². The second-order valence-electron chi connectivity index (χ2n) is 15.4. The summed E-state index contributed by atoms with van der Waals surface area (Å²) in [7, 11) is 0. The number of ether oxygens (including phenoxy) is 6. The Balaban J connectivity index is 1.24. The third-order valence-electron chi connectivity index (χ3n) is 10.8. The maximum Gasteiger partial charge on any atom is 0.369 e. The molecule has 0 N–H and O–H groups in total. The normalized spacial score (nSPS) is 12.7. The zero-order chi connectivity index (χ0) is 50.2. The maximum absolute atomic E-state index is 14.8. The van der Waals surface area contributed by atoms with Gasteiger partial charge in [-0.15, -0.1) is 0 Å². The van der Waals surface area contributed by atoms with Crippen molar-refractivity contribution in [2.75, 3.05) is 0 Å². The Kier molecular flexibility index (Phi) is 13.4. The second-order valence-corrected chi connectivity index (χ2v) is 17.3. The number of hydrogen-bond acceptors (Lipinski definition) is 20. The summed E-state index contributed by atoms with van der Waals surface area (Å²) in [6, 6.07) is 43.8. The number of hydrogen-bond donors (Lipinski definition) is 0. The lowest BCUT2D eigenvalue weighted by Crippen LogP contribution is -2.53. The minimum atomic E-state index is -2.84. The number of carbonyl (C=O) groups is 4. The van der Waals surface area contributed by atoms with Crippen LogP contribution in [0.3, 0.4) is 0 Å². The summed E-state index contributed by atoms with van der Waals surface area (Å²) >= 11 is 1.51. The molecule has 0 saturated heterocycles. The third-order valence-corrected chi connectivity index (χ3v) is 12.8. The number of esters is 4. The Labute approximate surface area is 416 Å². The van der Waals surface area contributed by atoms with Crippen molar-refractivity contribution in [3.8, 4) is 56.7 Å². The van der Waals surface area contributed by atoms with Crippen LogP contribution in [0.5, 0.6) is 11.5 Å². The topological polar surface area (TPSA) is 269 Å². The number of nitriles is 4. The van der Waals surface area contributed by atoms with E-state index in [1.165, 1.54) is 12.1 Å². The number of aliphatic imine (C=N–C) groups is 2. The molecule has 0 radical (unpaired) electrons. The molecule has 0 unspecified atom stereocenters. The first kappa shape index (κ1) is 47.2. The summed E-state index contributed by atoms with van der Waals surface area (Å²) in [6.07, 6.45) is 0. The van der Waals surface area contributed by atoms with Crippen molar-refractivity contribution in [2.45, 2.75) is 37.6 Å². The smallest absolute Gasteiger partial charge is 0.369 e. The van der Waals surface area contributed by atoms with E-state index in [2.05, 4.69) is 20.0 Å². The maximum atomic E-state index is 14.8. The molecule has 0 aliphatic carbocycles. The molecule has 0 spiro atoms. The van der Waals surface area contributed by atoms with Crippen LogP contribution in [-0.2, 0) is 75.8 Å². The van der Waals surface area contributed by atoms with E-state index in [1.807, 2.05) is 0 Å². The van der Waals surface area contributed by atoms with Crippen molar-refractivity contribution in [3.05, 3.63) is 167 Å². The van der Waals surface area contributed by atoms with Crippen LogP contribution in [0.2, 0.25) is 0 Å². The molecule has 20 heteroatoms. The summed E-state index contributed by atoms with van der Waals surface area (Å²) in [6.45, 7) is -1.32. The predicted octanol–water partition coefficient (Wildman–Crippen LogP) is 8.32. The molecule has 2 aliphatic heterocycles. The van der Waals surface area contributed by atoms with E-state index in [9.17, 15) is 40.2 Å². The summed E-state index contributed by atoms with van der Waals surface area (Å²) in [5.41, 5.74) is -5.36. The van der Waals surface area contributed by atoms with Crippen molar-refractivity contribution >= 4 is 68.2 Å². The average Bonchev–Trinajstić information content (AvgIpc) is 4.07. The fourth-order valence-corrected chi connectivity index (χ4v) is 9.45. The van der Waals surface area contributed by atoms with E-state index in [0.717, 1.165) is 22.7 Å². The molecule has 72 heavy (non-hydrogen) atoms. The third kappa shape index (κ3) is 9.09. The summed E-state index contributed by atoms with van der Waals surface area (Å²) in [5.74, 6) is -5.42. The van der Waals surface area contributed by atoms with Gasteiger partial charge in [0.15, 0.2) is 0 Å². The molecule has 0 saturated carbocycles. The fourth-order valence-electron chi connectivity index (χ4n) is 7.43. The van der Waals surface area contributed by atoms with E-state index < -0.39 is 57.9 Å². The standard InChI is InChI=1S/C52H30N8O10S2/c53-23-35(24-54)57-49-59-43-41(71-49)37-22-40-38(21-39(37)69-51(43,45(61)65-27-31-13-5-1-6-14-31)46(62)66-28-32-15-7-2-8-16-32)42-44(60-50(72-42)58-36(25-55)26-56)52(70-40,47(63)67-29-33-17-9-3-10-18-33)48(64)68-30-34-19-11-4-12-20-34/h1-22H,27-30H2. The van der Waals surface area contributed by atoms with Gasteiger partial charge in [0.1, 0.15) is 73.6 Å². The summed E-state index contributed by atoms with van der Waals surface area (Å²) < 4.78 is 36.5. The lowest BCUT2D eigenvalue weighted by Gasteiger charge is -2.36. The molecule has 7 aromatic rings. The van der Waals surface area contributed by atoms with Gasteiger partial charge in [-0.25, -0.2) is 29.1 Å². The fraction of sp³-hybridized carbons (Fsp3) is 0.115. The van der Waals surface area contributed by atoms with Crippen molar-refractivity contribution in [1.29, 1.82) is 21.0 Å². The first-order chi connectivity index (χ1) is 35.1. The van der Waals surface area contributed by atoms with E-state index >= 15 is 0 Å². The summed E-state index contributed by atoms with van der Waals surface area (Å²) in [5, 5.41) is 38.2. The molecule has 0 atom stereocenters. The Morgan fingerprint density at radius 1 is 0.472 bits per heavy atom. The molecule has 2 aromatic heterocycles. The van der Waals surface area contributed by atoms with Crippen LogP contribution in [0, 0.1) is 45.3 Å². The zero-order valence-electron chi connectivity index (χ0n) is 37.0. The van der Waals surface area contributed by atoms with Crippen LogP contribution in [-0.4, -0.2) is 45.3 Å². The lowest BCUT2D eigenvalue weighted by atomic mass is 9.89. The first-order valence-corrected chi connectivity index (χ1v) is 22.9. The molecule has 350 valence electrons. The lowest BCUT2D eigenvalue weighted by molar-refractivity contribution is -0.185. The number of nitrogens with zero attached hydrogens (tertiary/aromatic N) is 8. The molecule has 4 heterocycles. The molecular weight excluding hydrogens is 961 g/mol. The average molecular weight is 991 g/mol. The highest BCUT2D eigenvalue weighted by Crippen LogP contribution is 2.57. The van der Waals surface area contributed by atoms with E-state index in [-0.39, 0.29) is 69.1 Å². The van der Waals surface area contributed by atoms with Gasteiger partial charge < -0.3 is 28.4 Å². The highest BCUT2D eigenvalue weighted by atomic mass is 32.1. The number of carbonyl (C=O) groups excluding carboxylic acids is 4. The highest BCUT2D eigenvalue weighted by Gasteiger charge is 2.62. The minimum absolute atomic E-state index is 0.0157. The summed E-state index contributed by atoms with van der Waals surface area (Å²) in [4.78, 5) is 76.6. The van der Waals surface area contributed by atoms with Crippen LogP contribution in [0.4, 0.5) is 10.3 Å². The van der Waals surface area contributed by atoms with Gasteiger partial charge >= 0.3 is 35.1 Å². The first-order valence-electron chi connectivity index (χ1n) is 21.3.